The van der Waals surface area contributed by atoms with Gasteiger partial charge >= 0.3 is 5.76 Å². The minimum absolute atomic E-state index is 0.153. The maximum atomic E-state index is 12.9. The number of amides is 1. The minimum atomic E-state index is -0.629. The van der Waals surface area contributed by atoms with E-state index in [1.54, 1.807) is 16.2 Å². The number of fused-ring (bicyclic) bond motifs is 1. The first kappa shape index (κ1) is 18.0. The molecule has 4 aromatic rings. The summed E-state index contributed by atoms with van der Waals surface area (Å²) in [6, 6.07) is 9.70. The summed E-state index contributed by atoms with van der Waals surface area (Å²) in [6.07, 6.45) is 0.770. The second kappa shape index (κ2) is 7.09. The predicted molar refractivity (Wildman–Crippen MR) is 112 cm³/mol. The monoisotopic (exact) mass is 424 g/mol. The number of thiophene rings is 1. The van der Waals surface area contributed by atoms with Gasteiger partial charge in [0.15, 0.2) is 0 Å². The largest absolute Gasteiger partial charge is 0.437 e. The van der Waals surface area contributed by atoms with Crippen molar-refractivity contribution in [1.29, 1.82) is 0 Å². The summed E-state index contributed by atoms with van der Waals surface area (Å²) in [4.78, 5) is 31.9. The molecule has 0 N–H and O–H groups in total. The number of nitrogens with zero attached hydrogens (tertiary/aromatic N) is 4. The molecule has 0 unspecified atom stereocenters. The highest BCUT2D eigenvalue weighted by Gasteiger charge is 2.26. The fourth-order valence-electron chi connectivity index (χ4n) is 3.44. The first-order chi connectivity index (χ1) is 14.1. The van der Waals surface area contributed by atoms with Crippen LogP contribution in [0, 0.1) is 6.92 Å². The number of carbonyl (C=O) groups excluding carboxylic acids is 1. The maximum Gasteiger partial charge on any atom is 0.437 e. The highest BCUT2D eigenvalue weighted by atomic mass is 32.1. The van der Waals surface area contributed by atoms with Crippen molar-refractivity contribution in [1.82, 2.24) is 14.8 Å². The van der Waals surface area contributed by atoms with Crippen LogP contribution in [0.2, 0.25) is 0 Å². The lowest BCUT2D eigenvalue weighted by Gasteiger charge is -2.17. The van der Waals surface area contributed by atoms with E-state index in [2.05, 4.69) is 16.1 Å². The second-order valence-electron chi connectivity index (χ2n) is 6.70. The van der Waals surface area contributed by atoms with Gasteiger partial charge in [-0.2, -0.15) is 4.68 Å². The van der Waals surface area contributed by atoms with E-state index >= 15 is 0 Å². The van der Waals surface area contributed by atoms with Crippen molar-refractivity contribution < 1.29 is 9.21 Å². The summed E-state index contributed by atoms with van der Waals surface area (Å²) < 4.78 is 6.27. The van der Waals surface area contributed by atoms with Crippen LogP contribution in [0.1, 0.15) is 10.6 Å². The molecule has 0 saturated heterocycles. The predicted octanol–water partition coefficient (Wildman–Crippen LogP) is 3.59. The highest BCUT2D eigenvalue weighted by Crippen LogP contribution is 2.33. The summed E-state index contributed by atoms with van der Waals surface area (Å²) >= 11 is 3.04. The van der Waals surface area contributed by atoms with Gasteiger partial charge in [-0.15, -0.1) is 27.8 Å². The lowest BCUT2D eigenvalue weighted by atomic mass is 10.1. The molecule has 29 heavy (non-hydrogen) atoms. The third kappa shape index (κ3) is 3.32. The third-order valence-electron chi connectivity index (χ3n) is 4.81. The molecule has 4 heterocycles. The van der Waals surface area contributed by atoms with E-state index in [0.717, 1.165) is 43.5 Å². The average Bonchev–Trinajstić information content (AvgIpc) is 3.48. The van der Waals surface area contributed by atoms with Gasteiger partial charge in [0.1, 0.15) is 6.54 Å². The molecule has 146 valence electrons. The van der Waals surface area contributed by atoms with Gasteiger partial charge in [-0.05, 0) is 42.5 Å². The van der Waals surface area contributed by atoms with Crippen molar-refractivity contribution in [2.45, 2.75) is 19.9 Å². The summed E-state index contributed by atoms with van der Waals surface area (Å²) in [5.41, 5.74) is 3.99. The smallest absolute Gasteiger partial charge is 0.387 e. The Hall–Kier alpha value is -3.04. The standard InChI is InChI=1S/C20H16N4O3S2/c1-12-21-15(11-29-12)13-4-5-16-14(9-13)6-7-23(16)18(25)10-24-20(26)27-19(22-24)17-3-2-8-28-17/h2-5,8-9,11H,6-7,10H2,1H3. The zero-order valence-electron chi connectivity index (χ0n) is 15.5. The molecule has 0 saturated carbocycles. The molecule has 1 amide bonds. The van der Waals surface area contributed by atoms with E-state index in [4.69, 9.17) is 4.42 Å². The maximum absolute atomic E-state index is 12.9. The number of thiazole rings is 1. The molecule has 1 aliphatic heterocycles. The van der Waals surface area contributed by atoms with E-state index in [1.807, 2.05) is 41.9 Å². The molecule has 5 rings (SSSR count). The van der Waals surface area contributed by atoms with Gasteiger partial charge in [0.25, 0.3) is 5.89 Å². The van der Waals surface area contributed by atoms with Crippen molar-refractivity contribution >= 4 is 34.3 Å². The Morgan fingerprint density at radius 2 is 2.17 bits per heavy atom. The summed E-state index contributed by atoms with van der Waals surface area (Å²) in [5.74, 6) is -0.577. The topological polar surface area (TPSA) is 81.2 Å². The fourth-order valence-corrected chi connectivity index (χ4v) is 4.70. The quantitative estimate of drug-likeness (QED) is 0.500. The fraction of sp³-hybridized carbons (Fsp3) is 0.200. The number of aryl methyl sites for hydroxylation is 1. The third-order valence-corrected chi connectivity index (χ3v) is 6.45. The molecule has 7 nitrogen and oxygen atoms in total. The number of benzene rings is 1. The normalized spacial score (nSPS) is 13.1. The molecule has 1 aliphatic rings. The highest BCUT2D eigenvalue weighted by molar-refractivity contribution is 7.13. The Morgan fingerprint density at radius 3 is 2.93 bits per heavy atom. The number of hydrogen-bond acceptors (Lipinski definition) is 7. The summed E-state index contributed by atoms with van der Waals surface area (Å²) in [5, 5.41) is 9.11. The Balaban J connectivity index is 1.37. The Kier molecular flexibility index (Phi) is 4.40. The first-order valence-corrected chi connectivity index (χ1v) is 10.8. The van der Waals surface area contributed by atoms with Crippen LogP contribution < -0.4 is 10.7 Å². The zero-order chi connectivity index (χ0) is 20.0. The van der Waals surface area contributed by atoms with Crippen LogP contribution in [0.5, 0.6) is 0 Å². The Labute approximate surface area is 173 Å². The number of carbonyl (C=O) groups is 1. The molecule has 9 heteroatoms. The molecular weight excluding hydrogens is 408 g/mol. The number of anilines is 1. The number of hydrogen-bond donors (Lipinski definition) is 0. The van der Waals surface area contributed by atoms with Gasteiger partial charge < -0.3 is 9.32 Å². The van der Waals surface area contributed by atoms with Gasteiger partial charge in [0.2, 0.25) is 5.91 Å². The molecule has 1 aromatic carbocycles. The number of aromatic nitrogens is 3. The van der Waals surface area contributed by atoms with Gasteiger partial charge in [-0.1, -0.05) is 12.1 Å². The average molecular weight is 425 g/mol. The van der Waals surface area contributed by atoms with Crippen molar-refractivity contribution in [3.05, 3.63) is 62.2 Å². The van der Waals surface area contributed by atoms with Gasteiger partial charge in [-0.3, -0.25) is 4.79 Å². The molecule has 0 atom stereocenters. The van der Waals surface area contributed by atoms with E-state index in [0.29, 0.717) is 6.54 Å². The van der Waals surface area contributed by atoms with E-state index in [1.165, 1.54) is 11.3 Å². The zero-order valence-corrected chi connectivity index (χ0v) is 17.1. The molecule has 0 radical (unpaired) electrons. The van der Waals surface area contributed by atoms with Crippen LogP contribution in [0.15, 0.2) is 50.3 Å². The van der Waals surface area contributed by atoms with Crippen LogP contribution in [0.4, 0.5) is 5.69 Å². The van der Waals surface area contributed by atoms with Crippen LogP contribution in [-0.4, -0.2) is 27.2 Å². The van der Waals surface area contributed by atoms with Gasteiger partial charge in [0.05, 0.1) is 15.6 Å². The SMILES string of the molecule is Cc1nc(-c2ccc3c(c2)CCN3C(=O)Cn2nc(-c3cccs3)oc2=O)cs1. The molecule has 0 fully saturated rings. The molecule has 0 spiro atoms. The van der Waals surface area contributed by atoms with E-state index in [-0.39, 0.29) is 18.3 Å². The molecule has 0 bridgehead atoms. The van der Waals surface area contributed by atoms with Crippen LogP contribution in [-0.2, 0) is 17.8 Å². The number of rotatable bonds is 4. The van der Waals surface area contributed by atoms with Crippen LogP contribution >= 0.6 is 22.7 Å². The second-order valence-corrected chi connectivity index (χ2v) is 8.71. The van der Waals surface area contributed by atoms with Crippen LogP contribution in [0.3, 0.4) is 0 Å². The van der Waals surface area contributed by atoms with E-state index < -0.39 is 5.76 Å². The van der Waals surface area contributed by atoms with Gasteiger partial charge in [0, 0.05) is 23.2 Å². The molecular formula is C20H16N4O3S2. The summed E-state index contributed by atoms with van der Waals surface area (Å²) in [6.45, 7) is 2.41. The van der Waals surface area contributed by atoms with Crippen LogP contribution in [0.25, 0.3) is 22.0 Å². The lowest BCUT2D eigenvalue weighted by molar-refractivity contribution is -0.119. The Bertz CT molecular complexity index is 1250. The van der Waals surface area contributed by atoms with Crippen molar-refractivity contribution in [2.75, 3.05) is 11.4 Å². The van der Waals surface area contributed by atoms with Gasteiger partial charge in [-0.25, -0.2) is 9.78 Å². The first-order valence-electron chi connectivity index (χ1n) is 9.06. The van der Waals surface area contributed by atoms with Crippen molar-refractivity contribution in [3.63, 3.8) is 0 Å². The van der Waals surface area contributed by atoms with Crippen molar-refractivity contribution in [3.8, 4) is 22.0 Å². The molecule has 0 aliphatic carbocycles. The molecule has 3 aromatic heterocycles. The summed E-state index contributed by atoms with van der Waals surface area (Å²) in [7, 11) is 0. The minimum Gasteiger partial charge on any atom is -0.387 e. The van der Waals surface area contributed by atoms with E-state index in [9.17, 15) is 9.59 Å². The lowest BCUT2D eigenvalue weighted by Crippen LogP contribution is -2.35. The van der Waals surface area contributed by atoms with Crippen molar-refractivity contribution in [2.24, 2.45) is 0 Å². The Morgan fingerprint density at radius 1 is 1.28 bits per heavy atom.